The Kier molecular flexibility index (Phi) is 5.48. The highest BCUT2D eigenvalue weighted by Gasteiger charge is 2.32. The van der Waals surface area contributed by atoms with E-state index in [2.05, 4.69) is 5.32 Å². The van der Waals surface area contributed by atoms with Gasteiger partial charge < -0.3 is 5.32 Å². The third-order valence-electron chi connectivity index (χ3n) is 4.05. The number of amides is 1. The SMILES string of the molecule is O=C1C=CC(C(=O)Nc2cccc(Cl)c2)C(c2cc(Cl)cc(Cl)c2)C1. The lowest BCUT2D eigenvalue weighted by molar-refractivity contribution is -0.120. The summed E-state index contributed by atoms with van der Waals surface area (Å²) in [4.78, 5) is 24.6. The molecule has 6 heteroatoms. The first-order valence-corrected chi connectivity index (χ1v) is 8.79. The van der Waals surface area contributed by atoms with Crippen molar-refractivity contribution < 1.29 is 9.59 Å². The molecule has 0 aromatic heterocycles. The van der Waals surface area contributed by atoms with Gasteiger partial charge in [0, 0.05) is 33.1 Å². The van der Waals surface area contributed by atoms with E-state index in [-0.39, 0.29) is 24.0 Å². The number of allylic oxidation sites excluding steroid dienone is 1. The van der Waals surface area contributed by atoms with Crippen molar-refractivity contribution in [2.24, 2.45) is 5.92 Å². The van der Waals surface area contributed by atoms with Gasteiger partial charge in [0.15, 0.2) is 5.78 Å². The van der Waals surface area contributed by atoms with Gasteiger partial charge in [0.05, 0.1) is 5.92 Å². The van der Waals surface area contributed by atoms with Gasteiger partial charge in [-0.05, 0) is 48.0 Å². The summed E-state index contributed by atoms with van der Waals surface area (Å²) in [5.41, 5.74) is 1.37. The van der Waals surface area contributed by atoms with Crippen LogP contribution in [-0.2, 0) is 9.59 Å². The van der Waals surface area contributed by atoms with Gasteiger partial charge in [-0.3, -0.25) is 9.59 Å². The number of hydrogen-bond acceptors (Lipinski definition) is 2. The van der Waals surface area contributed by atoms with Crippen molar-refractivity contribution in [3.63, 3.8) is 0 Å². The maximum Gasteiger partial charge on any atom is 0.231 e. The van der Waals surface area contributed by atoms with E-state index in [4.69, 9.17) is 34.8 Å². The summed E-state index contributed by atoms with van der Waals surface area (Å²) in [7, 11) is 0. The molecule has 0 bridgehead atoms. The second-order valence-electron chi connectivity index (χ2n) is 5.86. The molecule has 0 heterocycles. The number of ketones is 1. The maximum atomic E-state index is 12.8. The first kappa shape index (κ1) is 18.0. The molecule has 0 fully saturated rings. The van der Waals surface area contributed by atoms with Crippen LogP contribution in [0.2, 0.25) is 15.1 Å². The highest BCUT2D eigenvalue weighted by Crippen LogP contribution is 2.36. The van der Waals surface area contributed by atoms with Crippen LogP contribution in [0.5, 0.6) is 0 Å². The number of halogens is 3. The van der Waals surface area contributed by atoms with Crippen molar-refractivity contribution in [1.82, 2.24) is 0 Å². The molecule has 0 spiro atoms. The number of rotatable bonds is 3. The van der Waals surface area contributed by atoms with Gasteiger partial charge in [0.2, 0.25) is 5.91 Å². The molecular weight excluding hydrogens is 381 g/mol. The van der Waals surface area contributed by atoms with E-state index in [0.717, 1.165) is 5.56 Å². The molecule has 1 amide bonds. The van der Waals surface area contributed by atoms with Gasteiger partial charge in [-0.15, -0.1) is 0 Å². The standard InChI is InChI=1S/C19H14Cl3NO2/c20-12-2-1-3-15(9-12)23-19(25)17-5-4-16(24)10-18(17)11-6-13(21)8-14(22)7-11/h1-9,17-18H,10H2,(H,23,25). The van der Waals surface area contributed by atoms with Crippen LogP contribution in [0.25, 0.3) is 0 Å². The van der Waals surface area contributed by atoms with Gasteiger partial charge >= 0.3 is 0 Å². The van der Waals surface area contributed by atoms with E-state index in [9.17, 15) is 9.59 Å². The molecule has 0 saturated carbocycles. The zero-order chi connectivity index (χ0) is 18.0. The Morgan fingerprint density at radius 3 is 2.40 bits per heavy atom. The number of benzene rings is 2. The molecule has 0 aliphatic heterocycles. The Morgan fingerprint density at radius 2 is 1.72 bits per heavy atom. The molecule has 0 saturated heterocycles. The fraction of sp³-hybridized carbons (Fsp3) is 0.158. The quantitative estimate of drug-likeness (QED) is 0.745. The summed E-state index contributed by atoms with van der Waals surface area (Å²) in [6.07, 6.45) is 3.30. The van der Waals surface area contributed by atoms with Crippen molar-refractivity contribution in [1.29, 1.82) is 0 Å². The molecule has 2 unspecified atom stereocenters. The summed E-state index contributed by atoms with van der Waals surface area (Å²) in [6, 6.07) is 12.0. The minimum atomic E-state index is -0.508. The van der Waals surface area contributed by atoms with Crippen molar-refractivity contribution in [3.8, 4) is 0 Å². The molecule has 2 aromatic rings. The minimum Gasteiger partial charge on any atom is -0.326 e. The molecule has 1 aliphatic carbocycles. The molecular formula is C19H14Cl3NO2. The van der Waals surface area contributed by atoms with Crippen LogP contribution in [-0.4, -0.2) is 11.7 Å². The Labute approximate surface area is 160 Å². The topological polar surface area (TPSA) is 46.2 Å². The van der Waals surface area contributed by atoms with Crippen LogP contribution < -0.4 is 5.32 Å². The van der Waals surface area contributed by atoms with Crippen molar-refractivity contribution in [2.75, 3.05) is 5.32 Å². The van der Waals surface area contributed by atoms with Gasteiger partial charge in [-0.1, -0.05) is 46.9 Å². The predicted octanol–water partition coefficient (Wildman–Crippen LogP) is 5.51. The van der Waals surface area contributed by atoms with E-state index in [1.165, 1.54) is 6.08 Å². The first-order chi connectivity index (χ1) is 11.9. The smallest absolute Gasteiger partial charge is 0.231 e. The van der Waals surface area contributed by atoms with Crippen LogP contribution in [0.4, 0.5) is 5.69 Å². The largest absolute Gasteiger partial charge is 0.326 e. The molecule has 0 radical (unpaired) electrons. The average molecular weight is 395 g/mol. The molecule has 3 nitrogen and oxygen atoms in total. The highest BCUT2D eigenvalue weighted by atomic mass is 35.5. The first-order valence-electron chi connectivity index (χ1n) is 7.66. The lowest BCUT2D eigenvalue weighted by atomic mass is 9.78. The van der Waals surface area contributed by atoms with Gasteiger partial charge in [-0.2, -0.15) is 0 Å². The lowest BCUT2D eigenvalue weighted by Gasteiger charge is -2.27. The van der Waals surface area contributed by atoms with E-state index in [1.807, 2.05) is 0 Å². The molecule has 2 aromatic carbocycles. The van der Waals surface area contributed by atoms with Crippen molar-refractivity contribution in [2.45, 2.75) is 12.3 Å². The monoisotopic (exact) mass is 393 g/mol. The minimum absolute atomic E-state index is 0.0343. The van der Waals surface area contributed by atoms with Crippen LogP contribution in [0.3, 0.4) is 0 Å². The second-order valence-corrected chi connectivity index (χ2v) is 7.17. The van der Waals surface area contributed by atoms with E-state index < -0.39 is 5.92 Å². The Balaban J connectivity index is 1.89. The highest BCUT2D eigenvalue weighted by molar-refractivity contribution is 6.34. The number of hydrogen-bond donors (Lipinski definition) is 1. The fourth-order valence-corrected chi connectivity index (χ4v) is 3.67. The number of carbonyl (C=O) groups is 2. The Bertz CT molecular complexity index is 843. The van der Waals surface area contributed by atoms with E-state index in [0.29, 0.717) is 20.8 Å². The number of nitrogens with one attached hydrogen (secondary N) is 1. The maximum absolute atomic E-state index is 12.8. The molecule has 1 N–H and O–H groups in total. The molecule has 3 rings (SSSR count). The fourth-order valence-electron chi connectivity index (χ4n) is 2.93. The van der Waals surface area contributed by atoms with Gasteiger partial charge in [0.25, 0.3) is 0 Å². The number of anilines is 1. The Hall–Kier alpha value is -1.81. The van der Waals surface area contributed by atoms with E-state index >= 15 is 0 Å². The second kappa shape index (κ2) is 7.61. The third kappa shape index (κ3) is 4.43. The van der Waals surface area contributed by atoms with Crippen molar-refractivity contribution >= 4 is 52.2 Å². The normalized spacial score (nSPS) is 19.7. The summed E-state index contributed by atoms with van der Waals surface area (Å²) in [5, 5.41) is 4.32. The summed E-state index contributed by atoms with van der Waals surface area (Å²) >= 11 is 18.1. The average Bonchev–Trinajstić information content (AvgIpc) is 2.53. The number of carbonyl (C=O) groups excluding carboxylic acids is 2. The van der Waals surface area contributed by atoms with Crippen LogP contribution >= 0.6 is 34.8 Å². The van der Waals surface area contributed by atoms with Gasteiger partial charge in [0.1, 0.15) is 0 Å². The summed E-state index contributed by atoms with van der Waals surface area (Å²) in [6.45, 7) is 0. The molecule has 128 valence electrons. The summed E-state index contributed by atoms with van der Waals surface area (Å²) < 4.78 is 0. The molecule has 25 heavy (non-hydrogen) atoms. The zero-order valence-electron chi connectivity index (χ0n) is 13.0. The zero-order valence-corrected chi connectivity index (χ0v) is 15.3. The molecule has 1 aliphatic rings. The summed E-state index contributed by atoms with van der Waals surface area (Å²) in [5.74, 6) is -1.08. The molecule has 2 atom stereocenters. The van der Waals surface area contributed by atoms with Crippen LogP contribution in [0.15, 0.2) is 54.6 Å². The van der Waals surface area contributed by atoms with Crippen LogP contribution in [0.1, 0.15) is 17.9 Å². The van der Waals surface area contributed by atoms with Gasteiger partial charge in [-0.25, -0.2) is 0 Å². The third-order valence-corrected chi connectivity index (χ3v) is 4.72. The van der Waals surface area contributed by atoms with Crippen LogP contribution in [0, 0.1) is 5.92 Å². The lowest BCUT2D eigenvalue weighted by Crippen LogP contribution is -2.30. The van der Waals surface area contributed by atoms with Crippen molar-refractivity contribution in [3.05, 3.63) is 75.2 Å². The van der Waals surface area contributed by atoms with E-state index in [1.54, 1.807) is 48.5 Å². The predicted molar refractivity (Wildman–Crippen MR) is 102 cm³/mol. The Morgan fingerprint density at radius 1 is 1.00 bits per heavy atom.